The molecule has 3 rings (SSSR count). The van der Waals surface area contributed by atoms with Crippen molar-refractivity contribution in [3.8, 4) is 0 Å². The molecule has 0 saturated carbocycles. The van der Waals surface area contributed by atoms with Gasteiger partial charge in [0.1, 0.15) is 5.52 Å². The third-order valence-electron chi connectivity index (χ3n) is 4.45. The van der Waals surface area contributed by atoms with E-state index in [2.05, 4.69) is 29.5 Å². The number of hydrogen-bond donors (Lipinski definition) is 1. The van der Waals surface area contributed by atoms with E-state index in [0.29, 0.717) is 22.7 Å². The van der Waals surface area contributed by atoms with Gasteiger partial charge in [0.25, 0.3) is 5.91 Å². The number of carbonyl (C=O) groups excluding carboxylic acids is 2. The van der Waals surface area contributed by atoms with Gasteiger partial charge in [0.2, 0.25) is 5.91 Å². The molecule has 1 N–H and O–H groups in total. The minimum atomic E-state index is -0.247. The summed E-state index contributed by atoms with van der Waals surface area (Å²) in [6.45, 7) is 4.20. The molecule has 27 heavy (non-hydrogen) atoms. The van der Waals surface area contributed by atoms with Gasteiger partial charge < -0.3 is 10.2 Å². The Balaban J connectivity index is 1.63. The average Bonchev–Trinajstić information content (AvgIpc) is 3.01. The van der Waals surface area contributed by atoms with Crippen LogP contribution in [0.1, 0.15) is 35.7 Å². The van der Waals surface area contributed by atoms with Crippen LogP contribution in [-0.4, -0.2) is 45.3 Å². The summed E-state index contributed by atoms with van der Waals surface area (Å²) in [6, 6.07) is 12.9. The smallest absolute Gasteiger partial charge is 0.254 e. The van der Waals surface area contributed by atoms with Crippen LogP contribution in [0, 0.1) is 0 Å². The third-order valence-corrected chi connectivity index (χ3v) is 4.45. The zero-order valence-corrected chi connectivity index (χ0v) is 15.9. The molecule has 0 aliphatic rings. The summed E-state index contributed by atoms with van der Waals surface area (Å²) in [5, 5.41) is 10.8. The fourth-order valence-electron chi connectivity index (χ4n) is 2.83. The highest BCUT2D eigenvalue weighted by Crippen LogP contribution is 2.17. The molecular weight excluding hydrogens is 342 g/mol. The lowest BCUT2D eigenvalue weighted by Crippen LogP contribution is -2.34. The van der Waals surface area contributed by atoms with Crippen LogP contribution < -0.4 is 5.32 Å². The van der Waals surface area contributed by atoms with Crippen molar-refractivity contribution in [2.75, 3.05) is 18.9 Å². The number of likely N-dealkylation sites (N-methyl/N-ethyl adjacent to an activating group) is 1. The van der Waals surface area contributed by atoms with Gasteiger partial charge in [-0.1, -0.05) is 31.2 Å². The van der Waals surface area contributed by atoms with Crippen LogP contribution in [0.4, 0.5) is 5.69 Å². The number of hydrogen-bond acceptors (Lipinski definition) is 4. The molecule has 2 amide bonds. The van der Waals surface area contributed by atoms with E-state index in [-0.39, 0.29) is 18.4 Å². The van der Waals surface area contributed by atoms with Gasteiger partial charge in [0, 0.05) is 25.3 Å². The molecule has 0 saturated heterocycles. The fraction of sp³-hybridized carbons (Fsp3) is 0.300. The van der Waals surface area contributed by atoms with E-state index in [1.165, 1.54) is 10.5 Å². The molecule has 0 aliphatic carbocycles. The summed E-state index contributed by atoms with van der Waals surface area (Å²) in [6.07, 6.45) is 0. The van der Waals surface area contributed by atoms with Crippen molar-refractivity contribution in [2.45, 2.75) is 19.8 Å². The molecule has 7 heteroatoms. The predicted molar refractivity (Wildman–Crippen MR) is 105 cm³/mol. The number of aryl methyl sites for hydroxylation is 1. The monoisotopic (exact) mass is 365 g/mol. The van der Waals surface area contributed by atoms with Crippen LogP contribution in [0.2, 0.25) is 0 Å². The van der Waals surface area contributed by atoms with Crippen LogP contribution >= 0.6 is 0 Å². The minimum absolute atomic E-state index is 0.0384. The molecule has 0 aliphatic heterocycles. The Morgan fingerprint density at radius 3 is 2.52 bits per heavy atom. The van der Waals surface area contributed by atoms with E-state index in [4.69, 9.17) is 0 Å². The van der Waals surface area contributed by atoms with Crippen LogP contribution in [0.3, 0.4) is 0 Å². The number of nitrogens with one attached hydrogen (secondary N) is 1. The number of anilines is 1. The second-order valence-corrected chi connectivity index (χ2v) is 6.90. The summed E-state index contributed by atoms with van der Waals surface area (Å²) in [4.78, 5) is 26.2. The van der Waals surface area contributed by atoms with Crippen LogP contribution in [0.15, 0.2) is 42.5 Å². The van der Waals surface area contributed by atoms with Gasteiger partial charge in [-0.25, -0.2) is 4.68 Å². The van der Waals surface area contributed by atoms with Crippen molar-refractivity contribution in [2.24, 2.45) is 7.05 Å². The standard InChI is InChI=1S/C20H23N5O2/c1-13(2)14-5-8-16(9-6-14)21-19(26)12-24(3)20(27)15-7-10-18-17(11-15)22-23-25(18)4/h5-11,13H,12H2,1-4H3,(H,21,26). The Labute approximate surface area is 158 Å². The highest BCUT2D eigenvalue weighted by Gasteiger charge is 2.16. The molecular formula is C20H23N5O2. The number of aromatic nitrogens is 3. The number of benzene rings is 2. The van der Waals surface area contributed by atoms with Crippen molar-refractivity contribution in [3.05, 3.63) is 53.6 Å². The number of carbonyl (C=O) groups is 2. The fourth-order valence-corrected chi connectivity index (χ4v) is 2.83. The van der Waals surface area contributed by atoms with Crippen LogP contribution in [-0.2, 0) is 11.8 Å². The van der Waals surface area contributed by atoms with E-state index in [9.17, 15) is 9.59 Å². The Morgan fingerprint density at radius 1 is 1.15 bits per heavy atom. The second kappa shape index (κ2) is 7.57. The molecule has 1 heterocycles. The van der Waals surface area contributed by atoms with E-state index in [1.54, 1.807) is 37.0 Å². The van der Waals surface area contributed by atoms with E-state index in [0.717, 1.165) is 5.52 Å². The molecule has 0 atom stereocenters. The zero-order chi connectivity index (χ0) is 19.6. The quantitative estimate of drug-likeness (QED) is 0.754. The Bertz CT molecular complexity index is 976. The summed E-state index contributed by atoms with van der Waals surface area (Å²) in [5.74, 6) is -0.0539. The molecule has 0 bridgehead atoms. The molecule has 0 radical (unpaired) electrons. The zero-order valence-electron chi connectivity index (χ0n) is 15.9. The summed E-state index contributed by atoms with van der Waals surface area (Å²) in [7, 11) is 3.39. The first-order valence-electron chi connectivity index (χ1n) is 8.80. The lowest BCUT2D eigenvalue weighted by Gasteiger charge is -2.17. The van der Waals surface area contributed by atoms with Crippen molar-refractivity contribution < 1.29 is 9.59 Å². The van der Waals surface area contributed by atoms with Crippen molar-refractivity contribution >= 4 is 28.5 Å². The highest BCUT2D eigenvalue weighted by molar-refractivity contribution is 6.00. The first-order chi connectivity index (χ1) is 12.8. The molecule has 0 spiro atoms. The Kier molecular flexibility index (Phi) is 5.21. The largest absolute Gasteiger partial charge is 0.332 e. The Hall–Kier alpha value is -3.22. The Morgan fingerprint density at radius 2 is 1.85 bits per heavy atom. The van der Waals surface area contributed by atoms with Crippen molar-refractivity contribution in [1.29, 1.82) is 0 Å². The normalized spacial score (nSPS) is 11.0. The van der Waals surface area contributed by atoms with Crippen LogP contribution in [0.25, 0.3) is 11.0 Å². The highest BCUT2D eigenvalue weighted by atomic mass is 16.2. The van der Waals surface area contributed by atoms with Gasteiger partial charge in [0.05, 0.1) is 12.1 Å². The van der Waals surface area contributed by atoms with Gasteiger partial charge in [-0.15, -0.1) is 5.10 Å². The van der Waals surface area contributed by atoms with E-state index < -0.39 is 0 Å². The average molecular weight is 365 g/mol. The molecule has 140 valence electrons. The van der Waals surface area contributed by atoms with Gasteiger partial charge in [-0.3, -0.25) is 9.59 Å². The first kappa shape index (κ1) is 18.6. The van der Waals surface area contributed by atoms with E-state index in [1.807, 2.05) is 24.3 Å². The molecule has 2 aromatic carbocycles. The number of rotatable bonds is 5. The maximum atomic E-state index is 12.6. The minimum Gasteiger partial charge on any atom is -0.332 e. The molecule has 3 aromatic rings. The predicted octanol–water partition coefficient (Wildman–Crippen LogP) is 2.80. The molecule has 0 fully saturated rings. The molecule has 7 nitrogen and oxygen atoms in total. The van der Waals surface area contributed by atoms with Crippen molar-refractivity contribution in [3.63, 3.8) is 0 Å². The number of fused-ring (bicyclic) bond motifs is 1. The van der Waals surface area contributed by atoms with Crippen LogP contribution in [0.5, 0.6) is 0 Å². The maximum absolute atomic E-state index is 12.6. The van der Waals surface area contributed by atoms with Gasteiger partial charge in [-0.05, 0) is 41.8 Å². The number of nitrogens with zero attached hydrogens (tertiary/aromatic N) is 4. The van der Waals surface area contributed by atoms with Gasteiger partial charge in [0.15, 0.2) is 0 Å². The third kappa shape index (κ3) is 4.13. The lowest BCUT2D eigenvalue weighted by atomic mass is 10.0. The summed E-state index contributed by atoms with van der Waals surface area (Å²) < 4.78 is 1.64. The molecule has 0 unspecified atom stereocenters. The van der Waals surface area contributed by atoms with Gasteiger partial charge >= 0.3 is 0 Å². The SMILES string of the molecule is CC(C)c1ccc(NC(=O)CN(C)C(=O)c2ccc3c(c2)nnn3C)cc1. The summed E-state index contributed by atoms with van der Waals surface area (Å²) >= 11 is 0. The lowest BCUT2D eigenvalue weighted by molar-refractivity contribution is -0.116. The van der Waals surface area contributed by atoms with E-state index >= 15 is 0 Å². The first-order valence-corrected chi connectivity index (χ1v) is 8.80. The summed E-state index contributed by atoms with van der Waals surface area (Å²) in [5.41, 5.74) is 3.88. The number of amides is 2. The second-order valence-electron chi connectivity index (χ2n) is 6.90. The van der Waals surface area contributed by atoms with Crippen molar-refractivity contribution in [1.82, 2.24) is 19.9 Å². The molecule has 1 aromatic heterocycles. The topological polar surface area (TPSA) is 80.1 Å². The van der Waals surface area contributed by atoms with Gasteiger partial charge in [-0.2, -0.15) is 0 Å². The maximum Gasteiger partial charge on any atom is 0.254 e.